The molecule has 5 aromatic rings. The Labute approximate surface area is 192 Å². The third-order valence-corrected chi connectivity index (χ3v) is 5.19. The minimum atomic E-state index is -0.956. The van der Waals surface area contributed by atoms with Gasteiger partial charge in [-0.05, 0) is 48.0 Å². The van der Waals surface area contributed by atoms with Gasteiger partial charge in [-0.2, -0.15) is 5.10 Å². The van der Waals surface area contributed by atoms with E-state index in [1.807, 2.05) is 30.3 Å². The number of benzene rings is 2. The lowest BCUT2D eigenvalue weighted by Crippen LogP contribution is -2.25. The van der Waals surface area contributed by atoms with Gasteiger partial charge in [0.25, 0.3) is 5.65 Å². The molecule has 5 rings (SSSR count). The van der Waals surface area contributed by atoms with Crippen molar-refractivity contribution in [2.45, 2.75) is 0 Å². The van der Waals surface area contributed by atoms with Crippen molar-refractivity contribution in [3.05, 3.63) is 100 Å². The van der Waals surface area contributed by atoms with E-state index in [2.05, 4.69) is 15.2 Å². The predicted octanol–water partition coefficient (Wildman–Crippen LogP) is 5.55. The summed E-state index contributed by atoms with van der Waals surface area (Å²) in [5.74, 6) is -0.956. The van der Waals surface area contributed by atoms with Gasteiger partial charge in [-0.25, -0.2) is 14.5 Å². The number of hydrogen-bond acceptors (Lipinski definition) is 3. The molecule has 2 aromatic carbocycles. The van der Waals surface area contributed by atoms with Gasteiger partial charge in [0, 0.05) is 15.6 Å². The van der Waals surface area contributed by atoms with Crippen LogP contribution in [-0.2, 0) is 0 Å². The number of hydrogen-bond donors (Lipinski definition) is 3. The molecule has 0 spiro atoms. The highest BCUT2D eigenvalue weighted by molar-refractivity contribution is 6.31. The lowest BCUT2D eigenvalue weighted by molar-refractivity contribution is -0.579. The number of nitrogens with zero attached hydrogens (tertiary/aromatic N) is 2. The van der Waals surface area contributed by atoms with E-state index in [1.165, 1.54) is 18.3 Å². The Morgan fingerprint density at radius 1 is 1.00 bits per heavy atom. The zero-order valence-electron chi connectivity index (χ0n) is 16.4. The second kappa shape index (κ2) is 9.13. The highest BCUT2D eigenvalue weighted by Crippen LogP contribution is 2.34. The maximum Gasteiger partial charge on any atom is 0.335 e. The summed E-state index contributed by atoms with van der Waals surface area (Å²) >= 11 is 11.6. The van der Waals surface area contributed by atoms with Crippen LogP contribution in [0.5, 0.6) is 0 Å². The fourth-order valence-corrected chi connectivity index (χ4v) is 3.64. The molecular weight excluding hydrogens is 451 g/mol. The first-order valence-corrected chi connectivity index (χ1v) is 10.2. The second-order valence-corrected chi connectivity index (χ2v) is 7.66. The van der Waals surface area contributed by atoms with Gasteiger partial charge in [0.1, 0.15) is 0 Å². The number of carboxylic acids is 1. The summed E-state index contributed by atoms with van der Waals surface area (Å²) in [5.41, 5.74) is 4.38. The number of aromatic amines is 2. The number of aromatic nitrogens is 4. The summed E-state index contributed by atoms with van der Waals surface area (Å²) in [6.45, 7) is 0. The van der Waals surface area contributed by atoms with Gasteiger partial charge in [-0.1, -0.05) is 41.4 Å². The Morgan fingerprint density at radius 2 is 1.75 bits per heavy atom. The fourth-order valence-electron chi connectivity index (χ4n) is 3.26. The van der Waals surface area contributed by atoms with Crippen LogP contribution in [0.1, 0.15) is 10.4 Å². The smallest absolute Gasteiger partial charge is 0.335 e. The van der Waals surface area contributed by atoms with Crippen LogP contribution in [0.4, 0.5) is 0 Å². The molecule has 0 aliphatic heterocycles. The Balaban J connectivity index is 0.000000207. The zero-order chi connectivity index (χ0) is 22.7. The number of rotatable bonds is 3. The van der Waals surface area contributed by atoms with Crippen LogP contribution in [0, 0.1) is 5.21 Å². The average Bonchev–Trinajstić information content (AvgIpc) is 3.42. The molecule has 0 unspecified atom stereocenters. The van der Waals surface area contributed by atoms with Crippen molar-refractivity contribution < 1.29 is 14.6 Å². The summed E-state index contributed by atoms with van der Waals surface area (Å²) < 4.78 is 0.814. The minimum Gasteiger partial charge on any atom is -0.711 e. The molecular formula is C23H16Cl2N4O3. The maximum absolute atomic E-state index is 11.8. The topological polar surface area (TPSA) is 109 Å². The molecule has 0 aliphatic carbocycles. The number of fused-ring (bicyclic) bond motifs is 1. The van der Waals surface area contributed by atoms with Gasteiger partial charge in [0.05, 0.1) is 40.8 Å². The molecule has 3 heterocycles. The molecule has 0 saturated heterocycles. The molecule has 9 heteroatoms. The number of nitrogens with one attached hydrogen (secondary N) is 2. The first-order valence-electron chi connectivity index (χ1n) is 9.42. The SMILES string of the molecule is O=C(O)c1cccc(Cl)c1.[O-][n+]1cccc2c(-c3[nH]ncc3-c3cccc(Cl)c3)c[nH]c21. The number of pyridine rings is 1. The Bertz CT molecular complexity index is 1410. The average molecular weight is 467 g/mol. The summed E-state index contributed by atoms with van der Waals surface area (Å²) in [6, 6.07) is 17.4. The third kappa shape index (κ3) is 4.44. The van der Waals surface area contributed by atoms with Crippen molar-refractivity contribution in [2.24, 2.45) is 0 Å². The van der Waals surface area contributed by atoms with Gasteiger partial charge < -0.3 is 10.3 Å². The lowest BCUT2D eigenvalue weighted by atomic mass is 10.0. The molecule has 0 atom stereocenters. The van der Waals surface area contributed by atoms with E-state index in [4.69, 9.17) is 28.3 Å². The van der Waals surface area contributed by atoms with Crippen molar-refractivity contribution in [2.75, 3.05) is 0 Å². The van der Waals surface area contributed by atoms with Crippen LogP contribution in [0.15, 0.2) is 79.3 Å². The van der Waals surface area contributed by atoms with E-state index in [9.17, 15) is 10.0 Å². The molecule has 0 radical (unpaired) electrons. The largest absolute Gasteiger partial charge is 0.711 e. The number of H-pyrrole nitrogens is 2. The molecule has 0 saturated carbocycles. The van der Waals surface area contributed by atoms with E-state index in [0.29, 0.717) is 15.7 Å². The number of aromatic carboxylic acids is 1. The van der Waals surface area contributed by atoms with E-state index in [0.717, 1.165) is 32.5 Å². The molecule has 0 bridgehead atoms. The monoisotopic (exact) mass is 466 g/mol. The van der Waals surface area contributed by atoms with Gasteiger partial charge in [0.15, 0.2) is 0 Å². The zero-order valence-corrected chi connectivity index (χ0v) is 17.9. The van der Waals surface area contributed by atoms with Gasteiger partial charge in [-0.3, -0.25) is 5.10 Å². The van der Waals surface area contributed by atoms with Crippen LogP contribution in [0.2, 0.25) is 10.0 Å². The predicted molar refractivity (Wildman–Crippen MR) is 124 cm³/mol. The van der Waals surface area contributed by atoms with Gasteiger partial charge >= 0.3 is 5.97 Å². The number of halogens is 2. The van der Waals surface area contributed by atoms with Crippen LogP contribution < -0.4 is 4.73 Å². The van der Waals surface area contributed by atoms with E-state index < -0.39 is 5.97 Å². The minimum absolute atomic E-state index is 0.215. The van der Waals surface area contributed by atoms with Crippen molar-refractivity contribution in [3.63, 3.8) is 0 Å². The highest BCUT2D eigenvalue weighted by atomic mass is 35.5. The molecule has 0 aliphatic rings. The normalized spacial score (nSPS) is 10.6. The quantitative estimate of drug-likeness (QED) is 0.239. The van der Waals surface area contributed by atoms with Gasteiger partial charge in [-0.15, -0.1) is 0 Å². The summed E-state index contributed by atoms with van der Waals surface area (Å²) in [7, 11) is 0. The molecule has 32 heavy (non-hydrogen) atoms. The summed E-state index contributed by atoms with van der Waals surface area (Å²) in [6.07, 6.45) is 5.03. The third-order valence-electron chi connectivity index (χ3n) is 4.72. The van der Waals surface area contributed by atoms with Crippen molar-refractivity contribution in [1.82, 2.24) is 15.2 Å². The molecule has 7 nitrogen and oxygen atoms in total. The van der Waals surface area contributed by atoms with Crippen molar-refractivity contribution >= 4 is 40.2 Å². The molecule has 3 N–H and O–H groups in total. The van der Waals surface area contributed by atoms with E-state index >= 15 is 0 Å². The summed E-state index contributed by atoms with van der Waals surface area (Å²) in [5, 5.41) is 29.4. The van der Waals surface area contributed by atoms with Crippen molar-refractivity contribution in [1.29, 1.82) is 0 Å². The van der Waals surface area contributed by atoms with Crippen molar-refractivity contribution in [3.8, 4) is 22.4 Å². The van der Waals surface area contributed by atoms with Gasteiger partial charge in [0.2, 0.25) is 0 Å². The first kappa shape index (κ1) is 21.4. The molecule has 3 aromatic heterocycles. The lowest BCUT2D eigenvalue weighted by Gasteiger charge is -2.03. The Hall–Kier alpha value is -3.81. The molecule has 0 fully saturated rings. The first-order chi connectivity index (χ1) is 15.4. The van der Waals surface area contributed by atoms with Crippen LogP contribution in [-0.4, -0.2) is 26.3 Å². The summed E-state index contributed by atoms with van der Waals surface area (Å²) in [4.78, 5) is 13.3. The van der Waals surface area contributed by atoms with E-state index in [-0.39, 0.29) is 5.56 Å². The maximum atomic E-state index is 11.8. The highest BCUT2D eigenvalue weighted by Gasteiger charge is 2.17. The number of carboxylic acid groups (broad SMARTS) is 1. The second-order valence-electron chi connectivity index (χ2n) is 6.78. The fraction of sp³-hybridized carbons (Fsp3) is 0. The van der Waals surface area contributed by atoms with Crippen LogP contribution in [0.25, 0.3) is 33.4 Å². The van der Waals surface area contributed by atoms with Crippen LogP contribution in [0.3, 0.4) is 0 Å². The Morgan fingerprint density at radius 3 is 2.44 bits per heavy atom. The standard InChI is InChI=1S/C16H11ClN4O.C7H5ClO2/c17-11-4-1-3-10(7-11)13-9-19-20-15(13)14-8-18-16-12(14)5-2-6-21(16)22;8-6-3-1-2-5(4-6)7(9)10/h1-9,18H,(H,19,20);1-4H,(H,9,10). The Kier molecular flexibility index (Phi) is 6.11. The molecule has 160 valence electrons. The number of carbonyl (C=O) groups is 1. The molecule has 0 amide bonds. The van der Waals surface area contributed by atoms with Crippen LogP contribution >= 0.6 is 23.2 Å². The van der Waals surface area contributed by atoms with E-state index in [1.54, 1.807) is 30.6 Å².